The van der Waals surface area contributed by atoms with Gasteiger partial charge in [0.1, 0.15) is 0 Å². The summed E-state index contributed by atoms with van der Waals surface area (Å²) in [6, 6.07) is 25.4. The summed E-state index contributed by atoms with van der Waals surface area (Å²) in [7, 11) is 1.55. The van der Waals surface area contributed by atoms with Crippen LogP contribution in [0.4, 0.5) is 0 Å². The third kappa shape index (κ3) is 4.98. The van der Waals surface area contributed by atoms with Crippen LogP contribution >= 0.6 is 0 Å². The number of benzene rings is 3. The number of carbonyl (C=O) groups excluding carboxylic acids is 1. The Morgan fingerprint density at radius 3 is 2.14 bits per heavy atom. The van der Waals surface area contributed by atoms with Crippen molar-refractivity contribution in [3.63, 3.8) is 0 Å². The van der Waals surface area contributed by atoms with E-state index in [9.17, 15) is 4.79 Å². The third-order valence-electron chi connectivity index (χ3n) is 4.19. The highest BCUT2D eigenvalue weighted by Gasteiger charge is 2.07. The van der Waals surface area contributed by atoms with Gasteiger partial charge in [-0.25, -0.2) is 5.43 Å². The fourth-order valence-corrected chi connectivity index (χ4v) is 2.66. The monoisotopic (exact) mass is 374 g/mol. The fourth-order valence-electron chi connectivity index (χ4n) is 2.66. The molecule has 1 N–H and O–H groups in total. The van der Waals surface area contributed by atoms with E-state index < -0.39 is 0 Å². The van der Waals surface area contributed by atoms with E-state index in [1.165, 1.54) is 0 Å². The molecule has 28 heavy (non-hydrogen) atoms. The van der Waals surface area contributed by atoms with Gasteiger partial charge in [0.05, 0.1) is 12.8 Å². The number of rotatable bonds is 7. The molecule has 0 heterocycles. The maximum atomic E-state index is 12.0. The van der Waals surface area contributed by atoms with Crippen LogP contribution in [-0.2, 0) is 4.79 Å². The first kappa shape index (κ1) is 19.2. The first-order valence-corrected chi connectivity index (χ1v) is 8.92. The topological polar surface area (TPSA) is 59.9 Å². The van der Waals surface area contributed by atoms with Gasteiger partial charge in [-0.2, -0.15) is 5.10 Å². The van der Waals surface area contributed by atoms with Crippen molar-refractivity contribution in [3.8, 4) is 22.6 Å². The second kappa shape index (κ2) is 9.37. The van der Waals surface area contributed by atoms with E-state index in [4.69, 9.17) is 9.47 Å². The number of amides is 1. The third-order valence-corrected chi connectivity index (χ3v) is 4.19. The van der Waals surface area contributed by atoms with Gasteiger partial charge in [0.25, 0.3) is 5.91 Å². The molecule has 3 aromatic rings. The molecule has 0 fully saturated rings. The van der Waals surface area contributed by atoms with Gasteiger partial charge >= 0.3 is 0 Å². The highest BCUT2D eigenvalue weighted by Crippen LogP contribution is 2.25. The second-order valence-electron chi connectivity index (χ2n) is 6.12. The molecule has 0 aliphatic carbocycles. The number of nitrogens with one attached hydrogen (secondary N) is 1. The Balaban J connectivity index is 1.57. The van der Waals surface area contributed by atoms with Crippen molar-refractivity contribution in [1.29, 1.82) is 0 Å². The second-order valence-corrected chi connectivity index (χ2v) is 6.12. The van der Waals surface area contributed by atoms with Gasteiger partial charge in [-0.1, -0.05) is 66.7 Å². The van der Waals surface area contributed by atoms with Crippen LogP contribution in [0.5, 0.6) is 11.5 Å². The van der Waals surface area contributed by atoms with Crippen molar-refractivity contribution in [2.24, 2.45) is 5.10 Å². The quantitative estimate of drug-likeness (QED) is 0.496. The van der Waals surface area contributed by atoms with E-state index in [0.717, 1.165) is 16.7 Å². The average Bonchev–Trinajstić information content (AvgIpc) is 2.77. The number of carbonyl (C=O) groups is 1. The van der Waals surface area contributed by atoms with E-state index in [1.54, 1.807) is 19.2 Å². The van der Waals surface area contributed by atoms with Crippen molar-refractivity contribution in [3.05, 3.63) is 84.4 Å². The Kier molecular flexibility index (Phi) is 6.41. The highest BCUT2D eigenvalue weighted by molar-refractivity contribution is 5.99. The summed E-state index contributed by atoms with van der Waals surface area (Å²) < 4.78 is 10.7. The van der Waals surface area contributed by atoms with Crippen LogP contribution in [0.1, 0.15) is 12.5 Å². The minimum atomic E-state index is -0.342. The maximum absolute atomic E-state index is 12.0. The van der Waals surface area contributed by atoms with E-state index >= 15 is 0 Å². The van der Waals surface area contributed by atoms with Crippen LogP contribution in [0.25, 0.3) is 11.1 Å². The van der Waals surface area contributed by atoms with Gasteiger partial charge in [-0.15, -0.1) is 0 Å². The Bertz CT molecular complexity index is 951. The van der Waals surface area contributed by atoms with Crippen LogP contribution in [-0.4, -0.2) is 25.3 Å². The Morgan fingerprint density at radius 1 is 0.857 bits per heavy atom. The van der Waals surface area contributed by atoms with Crippen molar-refractivity contribution in [2.75, 3.05) is 13.7 Å². The van der Waals surface area contributed by atoms with Crippen LogP contribution in [0, 0.1) is 0 Å². The number of para-hydroxylation sites is 2. The van der Waals surface area contributed by atoms with E-state index in [1.807, 2.05) is 61.5 Å². The molecule has 0 spiro atoms. The summed E-state index contributed by atoms with van der Waals surface area (Å²) in [5.74, 6) is 0.747. The average molecular weight is 374 g/mol. The SMILES string of the molecule is COc1ccccc1OCC(=O)N/N=C(\C)c1ccc(-c2ccccc2)cc1. The summed E-state index contributed by atoms with van der Waals surface area (Å²) in [6.07, 6.45) is 0. The van der Waals surface area contributed by atoms with Crippen molar-refractivity contribution >= 4 is 11.6 Å². The van der Waals surface area contributed by atoms with Crippen molar-refractivity contribution in [1.82, 2.24) is 5.43 Å². The molecule has 5 nitrogen and oxygen atoms in total. The van der Waals surface area contributed by atoms with Crippen molar-refractivity contribution < 1.29 is 14.3 Å². The predicted molar refractivity (Wildman–Crippen MR) is 111 cm³/mol. The molecule has 3 aromatic carbocycles. The molecule has 0 saturated heterocycles. The Labute approximate surface area is 164 Å². The number of ether oxygens (including phenoxy) is 2. The minimum Gasteiger partial charge on any atom is -0.493 e. The number of hydrogen-bond donors (Lipinski definition) is 1. The van der Waals surface area contributed by atoms with Crippen LogP contribution in [0.2, 0.25) is 0 Å². The molecule has 0 unspecified atom stereocenters. The molecule has 0 saturated carbocycles. The molecular weight excluding hydrogens is 352 g/mol. The van der Waals surface area contributed by atoms with Crippen molar-refractivity contribution in [2.45, 2.75) is 6.92 Å². The summed E-state index contributed by atoms with van der Waals surface area (Å²) in [5.41, 5.74) is 6.46. The van der Waals surface area contributed by atoms with Gasteiger partial charge in [0.15, 0.2) is 18.1 Å². The zero-order valence-electron chi connectivity index (χ0n) is 15.9. The number of hydrazone groups is 1. The summed E-state index contributed by atoms with van der Waals surface area (Å²) in [4.78, 5) is 12.0. The molecular formula is C23H22N2O3. The molecule has 1 amide bonds. The largest absolute Gasteiger partial charge is 0.493 e. The number of methoxy groups -OCH3 is 1. The van der Waals surface area contributed by atoms with Crippen LogP contribution < -0.4 is 14.9 Å². The smallest absolute Gasteiger partial charge is 0.277 e. The molecule has 142 valence electrons. The first-order valence-electron chi connectivity index (χ1n) is 8.92. The Morgan fingerprint density at radius 2 is 1.46 bits per heavy atom. The molecule has 0 aliphatic rings. The normalized spacial score (nSPS) is 11.0. The lowest BCUT2D eigenvalue weighted by atomic mass is 10.0. The molecule has 0 atom stereocenters. The maximum Gasteiger partial charge on any atom is 0.277 e. The van der Waals surface area contributed by atoms with E-state index in [2.05, 4.69) is 22.7 Å². The Hall–Kier alpha value is -3.60. The lowest BCUT2D eigenvalue weighted by molar-refractivity contribution is -0.123. The predicted octanol–water partition coefficient (Wildman–Crippen LogP) is 4.28. The van der Waals surface area contributed by atoms with E-state index in [0.29, 0.717) is 17.2 Å². The summed E-state index contributed by atoms with van der Waals surface area (Å²) in [6.45, 7) is 1.70. The molecule has 5 heteroatoms. The zero-order chi connectivity index (χ0) is 19.8. The summed E-state index contributed by atoms with van der Waals surface area (Å²) in [5, 5.41) is 4.16. The zero-order valence-corrected chi connectivity index (χ0v) is 15.9. The first-order chi connectivity index (χ1) is 13.7. The van der Waals surface area contributed by atoms with Gasteiger partial charge < -0.3 is 9.47 Å². The minimum absolute atomic E-state index is 0.149. The lowest BCUT2D eigenvalue weighted by Crippen LogP contribution is -2.25. The number of nitrogens with zero attached hydrogens (tertiary/aromatic N) is 1. The molecule has 0 aliphatic heterocycles. The van der Waals surface area contributed by atoms with Gasteiger partial charge in [0, 0.05) is 0 Å². The van der Waals surface area contributed by atoms with Crippen LogP contribution in [0.15, 0.2) is 84.0 Å². The van der Waals surface area contributed by atoms with Gasteiger partial charge in [-0.05, 0) is 35.7 Å². The molecule has 3 rings (SSSR count). The fraction of sp³-hybridized carbons (Fsp3) is 0.130. The summed E-state index contributed by atoms with van der Waals surface area (Å²) >= 11 is 0. The van der Waals surface area contributed by atoms with Gasteiger partial charge in [-0.3, -0.25) is 4.79 Å². The van der Waals surface area contributed by atoms with E-state index in [-0.39, 0.29) is 12.5 Å². The standard InChI is InChI=1S/C23H22N2O3/c1-17(18-12-14-20(15-13-18)19-8-4-3-5-9-19)24-25-23(26)16-28-22-11-7-6-10-21(22)27-2/h3-15H,16H2,1-2H3,(H,25,26)/b24-17+. The lowest BCUT2D eigenvalue weighted by Gasteiger charge is -2.09. The van der Waals surface area contributed by atoms with Crippen LogP contribution in [0.3, 0.4) is 0 Å². The molecule has 0 aromatic heterocycles. The molecule has 0 radical (unpaired) electrons. The highest BCUT2D eigenvalue weighted by atomic mass is 16.5. The number of hydrogen-bond acceptors (Lipinski definition) is 4. The molecule has 0 bridgehead atoms. The van der Waals surface area contributed by atoms with Gasteiger partial charge in [0.2, 0.25) is 0 Å².